The number of fused-ring (bicyclic) bond motifs is 1. The van der Waals surface area contributed by atoms with Crippen LogP contribution in [0.15, 0.2) is 23.5 Å². The molecule has 0 aliphatic carbocycles. The van der Waals surface area contributed by atoms with Crippen LogP contribution in [0, 0.1) is 11.3 Å². The first kappa shape index (κ1) is 12.7. The summed E-state index contributed by atoms with van der Waals surface area (Å²) in [6, 6.07) is 4.17. The Morgan fingerprint density at radius 1 is 1.39 bits per heavy atom. The second-order valence-electron chi connectivity index (χ2n) is 3.52. The highest BCUT2D eigenvalue weighted by Crippen LogP contribution is 2.30. The van der Waals surface area contributed by atoms with Gasteiger partial charge in [0.15, 0.2) is 10.8 Å². The van der Waals surface area contributed by atoms with Crippen LogP contribution in [0.1, 0.15) is 12.5 Å². The Balaban J connectivity index is 2.47. The number of halogens is 3. The molecule has 0 radical (unpaired) electrons. The van der Waals surface area contributed by atoms with Crippen molar-refractivity contribution in [2.75, 3.05) is 0 Å². The number of pyridine rings is 1. The standard InChI is InChI=1S/C10H7F3N4S/c1-6(4-14)18-9-16-15-8-3-2-7(5-17(8)9)10(11,12)13/h2-3,5-6H,1H3. The zero-order valence-electron chi connectivity index (χ0n) is 9.14. The van der Waals surface area contributed by atoms with Gasteiger partial charge in [-0.3, -0.25) is 4.40 Å². The van der Waals surface area contributed by atoms with Gasteiger partial charge in [-0.2, -0.15) is 18.4 Å². The van der Waals surface area contributed by atoms with E-state index in [0.717, 1.165) is 24.0 Å². The average Bonchev–Trinajstić information content (AvgIpc) is 2.70. The highest BCUT2D eigenvalue weighted by Gasteiger charge is 2.31. The Morgan fingerprint density at radius 2 is 2.11 bits per heavy atom. The van der Waals surface area contributed by atoms with E-state index in [2.05, 4.69) is 10.2 Å². The van der Waals surface area contributed by atoms with E-state index in [0.29, 0.717) is 5.65 Å². The number of nitrogens with zero attached hydrogens (tertiary/aromatic N) is 4. The fraction of sp³-hybridized carbons (Fsp3) is 0.300. The third kappa shape index (κ3) is 2.41. The van der Waals surface area contributed by atoms with Crippen LogP contribution in [0.2, 0.25) is 0 Å². The predicted octanol–water partition coefficient (Wildman–Crippen LogP) is 2.75. The molecular weight excluding hydrogens is 265 g/mol. The van der Waals surface area contributed by atoms with Crippen LogP contribution in [-0.4, -0.2) is 19.8 Å². The Morgan fingerprint density at radius 3 is 2.72 bits per heavy atom. The Labute approximate surface area is 104 Å². The molecule has 0 fully saturated rings. The number of hydrogen-bond acceptors (Lipinski definition) is 4. The maximum Gasteiger partial charge on any atom is 0.417 e. The minimum absolute atomic E-state index is 0.269. The van der Waals surface area contributed by atoms with Gasteiger partial charge in [0.25, 0.3) is 0 Å². The van der Waals surface area contributed by atoms with Gasteiger partial charge in [0.1, 0.15) is 0 Å². The van der Waals surface area contributed by atoms with Crippen molar-refractivity contribution in [3.8, 4) is 6.07 Å². The predicted molar refractivity (Wildman–Crippen MR) is 58.9 cm³/mol. The Bertz CT molecular complexity index is 614. The maximum absolute atomic E-state index is 12.6. The summed E-state index contributed by atoms with van der Waals surface area (Å²) in [4.78, 5) is 0. The number of thioether (sulfide) groups is 1. The summed E-state index contributed by atoms with van der Waals surface area (Å²) in [6.07, 6.45) is -3.48. The Kier molecular flexibility index (Phi) is 3.17. The fourth-order valence-electron chi connectivity index (χ4n) is 1.30. The molecule has 0 aliphatic rings. The third-order valence-electron chi connectivity index (χ3n) is 2.16. The van der Waals surface area contributed by atoms with Crippen molar-refractivity contribution in [1.82, 2.24) is 14.6 Å². The molecule has 2 aromatic heterocycles. The molecule has 1 atom stereocenters. The summed E-state index contributed by atoms with van der Waals surface area (Å²) in [7, 11) is 0. The van der Waals surface area contributed by atoms with E-state index in [1.807, 2.05) is 6.07 Å². The number of alkyl halides is 3. The summed E-state index contributed by atoms with van der Waals surface area (Å²) in [5.74, 6) is 0. The number of rotatable bonds is 2. The van der Waals surface area contributed by atoms with E-state index in [1.54, 1.807) is 6.92 Å². The summed E-state index contributed by atoms with van der Waals surface area (Å²) in [5.41, 5.74) is -0.461. The normalized spacial score (nSPS) is 13.5. The van der Waals surface area contributed by atoms with Gasteiger partial charge >= 0.3 is 6.18 Å². The molecule has 0 aliphatic heterocycles. The molecule has 0 amide bonds. The van der Waals surface area contributed by atoms with Gasteiger partial charge in [-0.25, -0.2) is 0 Å². The summed E-state index contributed by atoms with van der Waals surface area (Å²) in [6.45, 7) is 1.64. The first-order valence-corrected chi connectivity index (χ1v) is 5.78. The van der Waals surface area contributed by atoms with E-state index in [-0.39, 0.29) is 5.16 Å². The van der Waals surface area contributed by atoms with Crippen molar-refractivity contribution in [2.24, 2.45) is 0 Å². The van der Waals surface area contributed by atoms with Crippen molar-refractivity contribution in [3.05, 3.63) is 23.9 Å². The molecule has 0 saturated heterocycles. The minimum Gasteiger partial charge on any atom is -0.277 e. The first-order valence-electron chi connectivity index (χ1n) is 4.90. The number of nitriles is 1. The molecule has 0 aromatic carbocycles. The van der Waals surface area contributed by atoms with E-state index in [9.17, 15) is 13.2 Å². The second-order valence-corrected chi connectivity index (χ2v) is 4.82. The largest absolute Gasteiger partial charge is 0.417 e. The molecule has 0 bridgehead atoms. The van der Waals surface area contributed by atoms with Crippen molar-refractivity contribution in [1.29, 1.82) is 5.26 Å². The molecule has 0 spiro atoms. The smallest absolute Gasteiger partial charge is 0.277 e. The molecule has 8 heteroatoms. The highest BCUT2D eigenvalue weighted by atomic mass is 32.2. The molecular formula is C10H7F3N4S. The van der Waals surface area contributed by atoms with Gasteiger partial charge in [-0.15, -0.1) is 10.2 Å². The fourth-order valence-corrected chi connectivity index (χ4v) is 2.02. The van der Waals surface area contributed by atoms with Crippen LogP contribution in [-0.2, 0) is 6.18 Å². The monoisotopic (exact) mass is 272 g/mol. The second kappa shape index (κ2) is 4.49. The van der Waals surface area contributed by atoms with Gasteiger partial charge in [-0.1, -0.05) is 11.8 Å². The molecule has 4 nitrogen and oxygen atoms in total. The molecule has 0 saturated carbocycles. The van der Waals surface area contributed by atoms with Crippen LogP contribution in [0.5, 0.6) is 0 Å². The molecule has 18 heavy (non-hydrogen) atoms. The van der Waals surface area contributed by atoms with Crippen molar-refractivity contribution in [2.45, 2.75) is 23.5 Å². The molecule has 2 aromatic rings. The van der Waals surface area contributed by atoms with Gasteiger partial charge in [0, 0.05) is 6.20 Å². The van der Waals surface area contributed by atoms with Crippen molar-refractivity contribution < 1.29 is 13.2 Å². The van der Waals surface area contributed by atoms with Gasteiger partial charge < -0.3 is 0 Å². The topological polar surface area (TPSA) is 54.0 Å². The van der Waals surface area contributed by atoms with E-state index in [1.165, 1.54) is 10.5 Å². The van der Waals surface area contributed by atoms with Crippen LogP contribution in [0.3, 0.4) is 0 Å². The van der Waals surface area contributed by atoms with Crippen LogP contribution in [0.4, 0.5) is 13.2 Å². The lowest BCUT2D eigenvalue weighted by molar-refractivity contribution is -0.137. The summed E-state index contributed by atoms with van der Waals surface area (Å²) in [5, 5.41) is 16.0. The molecule has 94 valence electrons. The van der Waals surface area contributed by atoms with Crippen LogP contribution in [0.25, 0.3) is 5.65 Å². The Hall–Kier alpha value is -1.75. The first-order chi connectivity index (χ1) is 8.41. The average molecular weight is 272 g/mol. The number of aromatic nitrogens is 3. The SMILES string of the molecule is CC(C#N)Sc1nnc2ccc(C(F)(F)F)cn12. The highest BCUT2D eigenvalue weighted by molar-refractivity contribution is 8.00. The molecule has 0 N–H and O–H groups in total. The zero-order chi connectivity index (χ0) is 13.3. The van der Waals surface area contributed by atoms with Gasteiger partial charge in [0.2, 0.25) is 0 Å². The summed E-state index contributed by atoms with van der Waals surface area (Å²) >= 11 is 1.06. The third-order valence-corrected chi connectivity index (χ3v) is 3.11. The minimum atomic E-state index is -4.42. The quantitative estimate of drug-likeness (QED) is 0.789. The molecule has 2 rings (SSSR count). The van der Waals surface area contributed by atoms with E-state index < -0.39 is 17.0 Å². The lowest BCUT2D eigenvalue weighted by atomic mass is 10.3. The van der Waals surface area contributed by atoms with E-state index in [4.69, 9.17) is 5.26 Å². The van der Waals surface area contributed by atoms with Crippen molar-refractivity contribution >= 4 is 17.4 Å². The van der Waals surface area contributed by atoms with Crippen molar-refractivity contribution in [3.63, 3.8) is 0 Å². The van der Waals surface area contributed by atoms with Crippen LogP contribution >= 0.6 is 11.8 Å². The van der Waals surface area contributed by atoms with Gasteiger partial charge in [0.05, 0.1) is 16.9 Å². The number of hydrogen-bond donors (Lipinski definition) is 0. The lowest BCUT2D eigenvalue weighted by Crippen LogP contribution is -2.06. The van der Waals surface area contributed by atoms with Crippen LogP contribution < -0.4 is 0 Å². The lowest BCUT2D eigenvalue weighted by Gasteiger charge is -2.07. The summed E-state index contributed by atoms with van der Waals surface area (Å²) < 4.78 is 38.9. The molecule has 2 heterocycles. The van der Waals surface area contributed by atoms with Gasteiger partial charge in [-0.05, 0) is 19.1 Å². The molecule has 1 unspecified atom stereocenters. The zero-order valence-corrected chi connectivity index (χ0v) is 9.96. The van der Waals surface area contributed by atoms with E-state index >= 15 is 0 Å². The maximum atomic E-state index is 12.6.